The summed E-state index contributed by atoms with van der Waals surface area (Å²) in [6.45, 7) is 7.90. The first-order chi connectivity index (χ1) is 9.04. The summed E-state index contributed by atoms with van der Waals surface area (Å²) in [4.78, 5) is 2.37. The molecule has 0 spiro atoms. The van der Waals surface area contributed by atoms with Crippen LogP contribution in [0.2, 0.25) is 0 Å². The number of methoxy groups -OCH3 is 1. The van der Waals surface area contributed by atoms with Crippen LogP contribution < -0.4 is 15.4 Å². The van der Waals surface area contributed by atoms with Gasteiger partial charge in [-0.3, -0.25) is 0 Å². The molecule has 19 heavy (non-hydrogen) atoms. The van der Waals surface area contributed by atoms with Crippen LogP contribution in [-0.2, 0) is 4.74 Å². The molecular formula is C15H24N2O2. The van der Waals surface area contributed by atoms with Crippen LogP contribution in [0.3, 0.4) is 0 Å². The van der Waals surface area contributed by atoms with Gasteiger partial charge in [-0.25, -0.2) is 0 Å². The molecule has 1 fully saturated rings. The van der Waals surface area contributed by atoms with Crippen molar-refractivity contribution in [2.24, 2.45) is 5.73 Å². The molecule has 0 saturated carbocycles. The normalized spacial score (nSPS) is 25.2. The molecule has 1 aromatic carbocycles. The second-order valence-electron chi connectivity index (χ2n) is 5.33. The summed E-state index contributed by atoms with van der Waals surface area (Å²) < 4.78 is 11.2. The van der Waals surface area contributed by atoms with Crippen molar-refractivity contribution < 1.29 is 9.47 Å². The average Bonchev–Trinajstić information content (AvgIpc) is 2.40. The van der Waals surface area contributed by atoms with Crippen molar-refractivity contribution in [3.8, 4) is 5.75 Å². The highest BCUT2D eigenvalue weighted by Gasteiger charge is 2.27. The zero-order valence-electron chi connectivity index (χ0n) is 12.2. The smallest absolute Gasteiger partial charge is 0.125 e. The lowest BCUT2D eigenvalue weighted by molar-refractivity contribution is 0.0343. The van der Waals surface area contributed by atoms with E-state index in [-0.39, 0.29) is 12.1 Å². The summed E-state index contributed by atoms with van der Waals surface area (Å²) in [5.41, 5.74) is 8.38. The molecule has 3 unspecified atom stereocenters. The van der Waals surface area contributed by atoms with Crippen LogP contribution in [0.5, 0.6) is 5.75 Å². The van der Waals surface area contributed by atoms with E-state index in [2.05, 4.69) is 24.8 Å². The second kappa shape index (κ2) is 5.80. The van der Waals surface area contributed by atoms with Gasteiger partial charge in [0.1, 0.15) is 5.75 Å². The predicted molar refractivity (Wildman–Crippen MR) is 77.8 cm³/mol. The maximum atomic E-state index is 6.14. The van der Waals surface area contributed by atoms with Gasteiger partial charge in [0.25, 0.3) is 0 Å². The number of hydrogen-bond acceptors (Lipinski definition) is 4. The topological polar surface area (TPSA) is 47.7 Å². The van der Waals surface area contributed by atoms with E-state index < -0.39 is 0 Å². The number of benzene rings is 1. The van der Waals surface area contributed by atoms with Gasteiger partial charge in [0.05, 0.1) is 19.8 Å². The summed E-state index contributed by atoms with van der Waals surface area (Å²) in [5, 5.41) is 0. The molecule has 0 radical (unpaired) electrons. The van der Waals surface area contributed by atoms with Gasteiger partial charge < -0.3 is 20.1 Å². The van der Waals surface area contributed by atoms with E-state index in [0.29, 0.717) is 6.04 Å². The first-order valence-electron chi connectivity index (χ1n) is 6.85. The quantitative estimate of drug-likeness (QED) is 0.910. The maximum Gasteiger partial charge on any atom is 0.125 e. The van der Waals surface area contributed by atoms with Gasteiger partial charge in [-0.1, -0.05) is 6.07 Å². The Balaban J connectivity index is 2.43. The minimum Gasteiger partial charge on any atom is -0.496 e. The van der Waals surface area contributed by atoms with Crippen LogP contribution in [0, 0.1) is 0 Å². The fraction of sp³-hybridized carbons (Fsp3) is 0.600. The van der Waals surface area contributed by atoms with Gasteiger partial charge in [0.15, 0.2) is 0 Å². The Morgan fingerprint density at radius 2 is 2.16 bits per heavy atom. The lowest BCUT2D eigenvalue weighted by Gasteiger charge is -2.40. The summed E-state index contributed by atoms with van der Waals surface area (Å²) >= 11 is 0. The molecular weight excluding hydrogens is 240 g/mol. The van der Waals surface area contributed by atoms with E-state index in [0.717, 1.165) is 30.2 Å². The molecule has 4 nitrogen and oxygen atoms in total. The fourth-order valence-electron chi connectivity index (χ4n) is 2.66. The average molecular weight is 264 g/mol. The van der Waals surface area contributed by atoms with Gasteiger partial charge in [-0.05, 0) is 32.9 Å². The third kappa shape index (κ3) is 2.85. The Bertz CT molecular complexity index is 434. The first-order valence-corrected chi connectivity index (χ1v) is 6.85. The Morgan fingerprint density at radius 3 is 2.79 bits per heavy atom. The highest BCUT2D eigenvalue weighted by atomic mass is 16.5. The summed E-state index contributed by atoms with van der Waals surface area (Å²) in [5.74, 6) is 0.860. The highest BCUT2D eigenvalue weighted by molar-refractivity contribution is 5.61. The van der Waals surface area contributed by atoms with E-state index in [1.165, 1.54) is 0 Å². The van der Waals surface area contributed by atoms with Gasteiger partial charge in [-0.15, -0.1) is 0 Å². The molecule has 0 aliphatic carbocycles. The molecule has 1 aliphatic rings. The van der Waals surface area contributed by atoms with Crippen LogP contribution in [0.4, 0.5) is 5.69 Å². The maximum absolute atomic E-state index is 6.14. The number of hydrogen-bond donors (Lipinski definition) is 1. The summed E-state index contributed by atoms with van der Waals surface area (Å²) in [6, 6.07) is 6.40. The summed E-state index contributed by atoms with van der Waals surface area (Å²) in [6.07, 6.45) is 0.239. The molecule has 1 heterocycles. The van der Waals surface area contributed by atoms with Gasteiger partial charge >= 0.3 is 0 Å². The molecule has 0 bridgehead atoms. The zero-order chi connectivity index (χ0) is 14.0. The molecule has 1 aromatic rings. The summed E-state index contributed by atoms with van der Waals surface area (Å²) in [7, 11) is 1.69. The number of nitrogens with two attached hydrogens (primary N) is 1. The molecule has 1 saturated heterocycles. The lowest BCUT2D eigenvalue weighted by Crippen LogP contribution is -2.48. The predicted octanol–water partition coefficient (Wildman–Crippen LogP) is 2.33. The SMILES string of the molecule is COc1cccc(N2CC(C)OCC2C)c1C(C)N. The number of rotatable bonds is 3. The minimum atomic E-state index is -0.0588. The van der Waals surface area contributed by atoms with Gasteiger partial charge in [-0.2, -0.15) is 0 Å². The Morgan fingerprint density at radius 1 is 1.42 bits per heavy atom. The van der Waals surface area contributed by atoms with Crippen LogP contribution in [-0.4, -0.2) is 32.4 Å². The third-order valence-corrected chi connectivity index (χ3v) is 3.64. The van der Waals surface area contributed by atoms with E-state index in [4.69, 9.17) is 15.2 Å². The van der Waals surface area contributed by atoms with Crippen LogP contribution in [0.1, 0.15) is 32.4 Å². The standard InChI is InChI=1S/C15H24N2O2/c1-10-9-19-11(2)8-17(10)13-6-5-7-14(18-4)15(13)12(3)16/h5-7,10-12H,8-9,16H2,1-4H3. The van der Waals surface area contributed by atoms with Crippen LogP contribution in [0.15, 0.2) is 18.2 Å². The van der Waals surface area contributed by atoms with Crippen LogP contribution in [0.25, 0.3) is 0 Å². The highest BCUT2D eigenvalue weighted by Crippen LogP contribution is 2.35. The van der Waals surface area contributed by atoms with Gasteiger partial charge in [0.2, 0.25) is 0 Å². The molecule has 4 heteroatoms. The van der Waals surface area contributed by atoms with Crippen LogP contribution >= 0.6 is 0 Å². The van der Waals surface area contributed by atoms with E-state index in [1.807, 2.05) is 19.1 Å². The minimum absolute atomic E-state index is 0.0588. The molecule has 3 atom stereocenters. The third-order valence-electron chi connectivity index (χ3n) is 3.64. The first kappa shape index (κ1) is 14.2. The number of ether oxygens (including phenoxy) is 2. The number of morpholine rings is 1. The van der Waals surface area contributed by atoms with E-state index >= 15 is 0 Å². The Labute approximate surface area is 115 Å². The largest absolute Gasteiger partial charge is 0.496 e. The van der Waals surface area contributed by atoms with E-state index in [1.54, 1.807) is 7.11 Å². The number of anilines is 1. The van der Waals surface area contributed by atoms with Crippen molar-refractivity contribution >= 4 is 5.69 Å². The van der Waals surface area contributed by atoms with Crippen molar-refractivity contribution in [2.75, 3.05) is 25.2 Å². The molecule has 0 amide bonds. The van der Waals surface area contributed by atoms with Crippen molar-refractivity contribution in [3.05, 3.63) is 23.8 Å². The van der Waals surface area contributed by atoms with Crippen molar-refractivity contribution in [2.45, 2.75) is 39.0 Å². The second-order valence-corrected chi connectivity index (χ2v) is 5.33. The van der Waals surface area contributed by atoms with Gasteiger partial charge in [0, 0.05) is 29.9 Å². The fourth-order valence-corrected chi connectivity index (χ4v) is 2.66. The van der Waals surface area contributed by atoms with Crippen molar-refractivity contribution in [3.63, 3.8) is 0 Å². The number of nitrogens with zero attached hydrogens (tertiary/aromatic N) is 1. The molecule has 106 valence electrons. The zero-order valence-corrected chi connectivity index (χ0v) is 12.2. The lowest BCUT2D eigenvalue weighted by atomic mass is 10.0. The molecule has 2 rings (SSSR count). The monoisotopic (exact) mass is 264 g/mol. The molecule has 1 aliphatic heterocycles. The van der Waals surface area contributed by atoms with Crippen molar-refractivity contribution in [1.82, 2.24) is 0 Å². The molecule has 2 N–H and O–H groups in total. The Kier molecular flexibility index (Phi) is 4.32. The Hall–Kier alpha value is -1.26. The van der Waals surface area contributed by atoms with Crippen molar-refractivity contribution in [1.29, 1.82) is 0 Å². The van der Waals surface area contributed by atoms with E-state index in [9.17, 15) is 0 Å². The molecule has 0 aromatic heterocycles.